The molecule has 0 radical (unpaired) electrons. The fourth-order valence-corrected chi connectivity index (χ4v) is 1.91. The van der Waals surface area contributed by atoms with Gasteiger partial charge in [0.1, 0.15) is 5.54 Å². The molecule has 0 bridgehead atoms. The molecule has 0 atom stereocenters. The Kier molecular flexibility index (Phi) is 2.61. The number of carbonyl (C=O) groups is 1. The molecule has 0 heterocycles. The van der Waals surface area contributed by atoms with E-state index >= 15 is 0 Å². The zero-order valence-corrected chi connectivity index (χ0v) is 7.62. The molecule has 1 fully saturated rings. The number of hydrogen-bond donors (Lipinski definition) is 3. The number of nitrogens with two attached hydrogens (primary N) is 1. The van der Waals surface area contributed by atoms with E-state index in [1.807, 2.05) is 0 Å². The smallest absolute Gasteiger partial charge is 0.325 e. The summed E-state index contributed by atoms with van der Waals surface area (Å²) in [6.07, 6.45) is 0.555. The molecule has 76 valence electrons. The van der Waals surface area contributed by atoms with Gasteiger partial charge in [-0.25, -0.2) is 0 Å². The van der Waals surface area contributed by atoms with Gasteiger partial charge in [-0.1, -0.05) is 0 Å². The minimum Gasteiger partial charge on any atom is -0.468 e. The van der Waals surface area contributed by atoms with E-state index < -0.39 is 16.9 Å². The highest BCUT2D eigenvalue weighted by Crippen LogP contribution is 2.46. The number of rotatable bonds is 3. The standard InChI is InChI=1S/C8H15NO4/c1-13-6(12)8(9)2-7(3-8,4-10)5-11/h10-11H,2-5,9H2,1H3. The predicted molar refractivity (Wildman–Crippen MR) is 44.8 cm³/mol. The van der Waals surface area contributed by atoms with Crippen molar-refractivity contribution in [3.05, 3.63) is 0 Å². The third-order valence-corrected chi connectivity index (χ3v) is 2.64. The lowest BCUT2D eigenvalue weighted by molar-refractivity contribution is -0.162. The molecule has 5 nitrogen and oxygen atoms in total. The Bertz CT molecular complexity index is 204. The summed E-state index contributed by atoms with van der Waals surface area (Å²) in [4.78, 5) is 11.1. The highest BCUT2D eigenvalue weighted by molar-refractivity contribution is 5.82. The fraction of sp³-hybridized carbons (Fsp3) is 0.875. The summed E-state index contributed by atoms with van der Waals surface area (Å²) < 4.78 is 4.51. The van der Waals surface area contributed by atoms with Crippen LogP contribution in [0.15, 0.2) is 0 Å². The third kappa shape index (κ3) is 1.54. The van der Waals surface area contributed by atoms with Gasteiger partial charge in [0, 0.05) is 5.41 Å². The molecule has 0 saturated heterocycles. The normalized spacial score (nSPS) is 23.4. The molecular weight excluding hydrogens is 174 g/mol. The fourth-order valence-electron chi connectivity index (χ4n) is 1.91. The number of aliphatic hydroxyl groups is 2. The molecule has 5 heteroatoms. The van der Waals surface area contributed by atoms with E-state index in [1.54, 1.807) is 0 Å². The Morgan fingerprint density at radius 2 is 1.92 bits per heavy atom. The second-order valence-corrected chi connectivity index (χ2v) is 3.82. The third-order valence-electron chi connectivity index (χ3n) is 2.64. The Morgan fingerprint density at radius 1 is 1.46 bits per heavy atom. The highest BCUT2D eigenvalue weighted by atomic mass is 16.5. The lowest BCUT2D eigenvalue weighted by atomic mass is 9.58. The van der Waals surface area contributed by atoms with Crippen LogP contribution in [0, 0.1) is 5.41 Å². The molecule has 0 unspecified atom stereocenters. The van der Waals surface area contributed by atoms with Gasteiger partial charge in [0.25, 0.3) is 0 Å². The number of aliphatic hydroxyl groups excluding tert-OH is 2. The molecule has 0 aromatic carbocycles. The van der Waals surface area contributed by atoms with E-state index in [9.17, 15) is 4.79 Å². The zero-order valence-electron chi connectivity index (χ0n) is 7.62. The van der Waals surface area contributed by atoms with E-state index in [0.717, 1.165) is 0 Å². The molecule has 0 aromatic heterocycles. The molecule has 1 aliphatic rings. The summed E-state index contributed by atoms with van der Waals surface area (Å²) in [6, 6.07) is 0. The Morgan fingerprint density at radius 3 is 2.23 bits per heavy atom. The predicted octanol–water partition coefficient (Wildman–Crippen LogP) is -1.38. The summed E-state index contributed by atoms with van der Waals surface area (Å²) in [6.45, 7) is -0.307. The van der Waals surface area contributed by atoms with Crippen molar-refractivity contribution in [1.29, 1.82) is 0 Å². The van der Waals surface area contributed by atoms with Crippen molar-refractivity contribution in [2.75, 3.05) is 20.3 Å². The van der Waals surface area contributed by atoms with Crippen LogP contribution in [-0.2, 0) is 9.53 Å². The van der Waals surface area contributed by atoms with Crippen LogP contribution < -0.4 is 5.73 Å². The number of esters is 1. The molecule has 0 spiro atoms. The Hall–Kier alpha value is -0.650. The summed E-state index contributed by atoms with van der Waals surface area (Å²) in [5.74, 6) is -0.481. The van der Waals surface area contributed by atoms with E-state index in [2.05, 4.69) is 4.74 Å². The summed E-state index contributed by atoms with van der Waals surface area (Å²) in [5, 5.41) is 17.9. The molecule has 0 aliphatic heterocycles. The number of carbonyl (C=O) groups excluding carboxylic acids is 1. The zero-order chi connectivity index (χ0) is 10.1. The lowest BCUT2D eigenvalue weighted by Gasteiger charge is -2.50. The maximum Gasteiger partial charge on any atom is 0.325 e. The molecule has 1 rings (SSSR count). The summed E-state index contributed by atoms with van der Waals surface area (Å²) in [5.41, 5.74) is 4.08. The molecule has 1 aliphatic carbocycles. The van der Waals surface area contributed by atoms with Gasteiger partial charge in [-0.15, -0.1) is 0 Å². The molecule has 1 saturated carbocycles. The van der Waals surface area contributed by atoms with Crippen molar-refractivity contribution < 1.29 is 19.7 Å². The number of methoxy groups -OCH3 is 1. The number of hydrogen-bond acceptors (Lipinski definition) is 5. The minimum absolute atomic E-state index is 0.153. The van der Waals surface area contributed by atoms with Crippen molar-refractivity contribution in [3.63, 3.8) is 0 Å². The largest absolute Gasteiger partial charge is 0.468 e. The molecule has 0 aromatic rings. The van der Waals surface area contributed by atoms with Crippen LogP contribution in [0.2, 0.25) is 0 Å². The van der Waals surface area contributed by atoms with Crippen LogP contribution in [0.5, 0.6) is 0 Å². The van der Waals surface area contributed by atoms with Crippen LogP contribution in [0.4, 0.5) is 0 Å². The van der Waals surface area contributed by atoms with Crippen LogP contribution in [0.3, 0.4) is 0 Å². The van der Waals surface area contributed by atoms with Crippen LogP contribution in [0.25, 0.3) is 0 Å². The molecule has 13 heavy (non-hydrogen) atoms. The van der Waals surface area contributed by atoms with Gasteiger partial charge < -0.3 is 20.7 Å². The Labute approximate surface area is 76.5 Å². The maximum absolute atomic E-state index is 11.1. The van der Waals surface area contributed by atoms with Crippen molar-refractivity contribution in [1.82, 2.24) is 0 Å². The van der Waals surface area contributed by atoms with Crippen molar-refractivity contribution in [2.24, 2.45) is 11.1 Å². The first-order chi connectivity index (χ1) is 6.02. The van der Waals surface area contributed by atoms with E-state index in [0.29, 0.717) is 0 Å². The van der Waals surface area contributed by atoms with Gasteiger partial charge in [-0.2, -0.15) is 0 Å². The van der Waals surface area contributed by atoms with Crippen molar-refractivity contribution in [2.45, 2.75) is 18.4 Å². The highest BCUT2D eigenvalue weighted by Gasteiger charge is 2.56. The molecule has 0 amide bonds. The van der Waals surface area contributed by atoms with Crippen LogP contribution in [0.1, 0.15) is 12.8 Å². The number of ether oxygens (including phenoxy) is 1. The second-order valence-electron chi connectivity index (χ2n) is 3.82. The van der Waals surface area contributed by atoms with Gasteiger partial charge in [0.05, 0.1) is 20.3 Å². The second kappa shape index (κ2) is 3.25. The van der Waals surface area contributed by atoms with Crippen molar-refractivity contribution >= 4 is 5.97 Å². The van der Waals surface area contributed by atoms with Gasteiger partial charge in [-0.05, 0) is 12.8 Å². The molecular formula is C8H15NO4. The van der Waals surface area contributed by atoms with Gasteiger partial charge in [-0.3, -0.25) is 4.79 Å². The average molecular weight is 189 g/mol. The summed E-state index contributed by atoms with van der Waals surface area (Å²) >= 11 is 0. The van der Waals surface area contributed by atoms with Gasteiger partial charge in [0.15, 0.2) is 0 Å². The molecule has 4 N–H and O–H groups in total. The Balaban J connectivity index is 2.59. The SMILES string of the molecule is COC(=O)C1(N)CC(CO)(CO)C1. The van der Waals surface area contributed by atoms with E-state index in [4.69, 9.17) is 15.9 Å². The topological polar surface area (TPSA) is 92.8 Å². The van der Waals surface area contributed by atoms with Crippen LogP contribution in [-0.4, -0.2) is 42.0 Å². The first kappa shape index (κ1) is 10.4. The average Bonchev–Trinajstić information content (AvgIpc) is 2.11. The van der Waals surface area contributed by atoms with Crippen LogP contribution >= 0.6 is 0 Å². The minimum atomic E-state index is -1.01. The van der Waals surface area contributed by atoms with Gasteiger partial charge in [0.2, 0.25) is 0 Å². The van der Waals surface area contributed by atoms with E-state index in [1.165, 1.54) is 7.11 Å². The first-order valence-corrected chi connectivity index (χ1v) is 4.11. The first-order valence-electron chi connectivity index (χ1n) is 4.11. The maximum atomic E-state index is 11.1. The van der Waals surface area contributed by atoms with Crippen molar-refractivity contribution in [3.8, 4) is 0 Å². The quantitative estimate of drug-likeness (QED) is 0.476. The van der Waals surface area contributed by atoms with E-state index in [-0.39, 0.29) is 26.1 Å². The van der Waals surface area contributed by atoms with Gasteiger partial charge >= 0.3 is 5.97 Å². The monoisotopic (exact) mass is 189 g/mol. The summed E-state index contributed by atoms with van der Waals surface area (Å²) in [7, 11) is 1.27. The lowest BCUT2D eigenvalue weighted by Crippen LogP contribution is -2.65.